The van der Waals surface area contributed by atoms with E-state index < -0.39 is 0 Å². The van der Waals surface area contributed by atoms with Crippen LogP contribution in [-0.4, -0.2) is 9.97 Å². The van der Waals surface area contributed by atoms with E-state index >= 15 is 0 Å². The van der Waals surface area contributed by atoms with Crippen molar-refractivity contribution in [1.29, 1.82) is 0 Å². The maximum atomic E-state index is 6.30. The molecule has 0 saturated heterocycles. The minimum atomic E-state index is -0.258. The van der Waals surface area contributed by atoms with Gasteiger partial charge in [0.25, 0.3) is 0 Å². The lowest BCUT2D eigenvalue weighted by Gasteiger charge is -2.21. The molecule has 1 aliphatic carbocycles. The normalized spacial score (nSPS) is 22.4. The summed E-state index contributed by atoms with van der Waals surface area (Å²) in [6.45, 7) is 6.49. The second-order valence-electron chi connectivity index (χ2n) is 5.05. The van der Waals surface area contributed by atoms with Crippen LogP contribution in [0.1, 0.15) is 57.5 Å². The van der Waals surface area contributed by atoms with Gasteiger partial charge in [-0.15, -0.1) is 0 Å². The van der Waals surface area contributed by atoms with Crippen molar-refractivity contribution in [3.05, 3.63) is 17.7 Å². The number of nitrogens with two attached hydrogens (primary N) is 1. The van der Waals surface area contributed by atoms with Crippen molar-refractivity contribution < 1.29 is 0 Å². The highest BCUT2D eigenvalue weighted by Gasteiger charge is 2.41. The van der Waals surface area contributed by atoms with Crippen molar-refractivity contribution in [3.63, 3.8) is 0 Å². The molecule has 84 valence electrons. The van der Waals surface area contributed by atoms with Crippen LogP contribution in [0.5, 0.6) is 0 Å². The topological polar surface area (TPSA) is 54.7 Å². The number of nitrogens with zero attached hydrogens (tertiary/aromatic N) is 1. The zero-order valence-electron chi connectivity index (χ0n) is 9.88. The fourth-order valence-electron chi connectivity index (χ4n) is 1.96. The molecule has 0 radical (unpaired) electrons. The molecule has 0 bridgehead atoms. The average Bonchev–Trinajstić information content (AvgIpc) is 2.95. The molecular weight excluding hydrogens is 186 g/mol. The lowest BCUT2D eigenvalue weighted by molar-refractivity contribution is 0.403. The second-order valence-corrected chi connectivity index (χ2v) is 5.05. The molecule has 3 nitrogen and oxygen atoms in total. The van der Waals surface area contributed by atoms with E-state index in [9.17, 15) is 0 Å². The number of imidazole rings is 1. The largest absolute Gasteiger partial charge is 0.344 e. The molecule has 0 amide bonds. The lowest BCUT2D eigenvalue weighted by atomic mass is 9.96. The van der Waals surface area contributed by atoms with Gasteiger partial charge in [-0.2, -0.15) is 0 Å². The molecule has 3 heteroatoms. The number of aromatic amines is 1. The highest BCUT2D eigenvalue weighted by Crippen LogP contribution is 2.42. The Morgan fingerprint density at radius 1 is 1.67 bits per heavy atom. The lowest BCUT2D eigenvalue weighted by Crippen LogP contribution is -2.36. The van der Waals surface area contributed by atoms with Crippen LogP contribution in [0, 0.1) is 5.92 Å². The molecular formula is C12H21N3. The zero-order valence-corrected chi connectivity index (χ0v) is 9.88. The van der Waals surface area contributed by atoms with Crippen molar-refractivity contribution in [2.75, 3.05) is 0 Å². The third-order valence-electron chi connectivity index (χ3n) is 3.67. The molecule has 1 fully saturated rings. The van der Waals surface area contributed by atoms with Gasteiger partial charge in [0.15, 0.2) is 0 Å². The average molecular weight is 207 g/mol. The van der Waals surface area contributed by atoms with Gasteiger partial charge in [0.2, 0.25) is 0 Å². The van der Waals surface area contributed by atoms with Crippen LogP contribution in [0.15, 0.2) is 6.20 Å². The molecule has 2 rings (SSSR count). The van der Waals surface area contributed by atoms with Crippen LogP contribution in [0.4, 0.5) is 0 Å². The Hall–Kier alpha value is -0.830. The minimum absolute atomic E-state index is 0.258. The number of hydrogen-bond acceptors (Lipinski definition) is 2. The molecule has 1 saturated carbocycles. The standard InChI is InChI=1S/C12H21N3/c1-4-8(2)10-7-14-11(15-10)12(3,13)9-5-6-9/h7-9H,4-6,13H2,1-3H3,(H,14,15). The molecule has 0 spiro atoms. The molecule has 0 aliphatic heterocycles. The summed E-state index contributed by atoms with van der Waals surface area (Å²) >= 11 is 0. The quantitative estimate of drug-likeness (QED) is 0.797. The number of hydrogen-bond donors (Lipinski definition) is 2. The van der Waals surface area contributed by atoms with Gasteiger partial charge in [0.1, 0.15) is 5.82 Å². The summed E-state index contributed by atoms with van der Waals surface area (Å²) in [4.78, 5) is 7.83. The molecule has 0 aromatic carbocycles. The van der Waals surface area contributed by atoms with E-state index in [1.54, 1.807) is 0 Å². The first-order valence-corrected chi connectivity index (χ1v) is 5.90. The summed E-state index contributed by atoms with van der Waals surface area (Å²) in [5, 5.41) is 0. The maximum absolute atomic E-state index is 6.30. The van der Waals surface area contributed by atoms with Gasteiger partial charge in [-0.1, -0.05) is 13.8 Å². The van der Waals surface area contributed by atoms with Gasteiger partial charge in [0.05, 0.1) is 5.54 Å². The third-order valence-corrected chi connectivity index (χ3v) is 3.67. The number of rotatable bonds is 4. The Labute approximate surface area is 91.5 Å². The van der Waals surface area contributed by atoms with E-state index in [0.717, 1.165) is 12.2 Å². The molecule has 1 heterocycles. The SMILES string of the molecule is CCC(C)c1cnc(C(C)(N)C2CC2)[nH]1. The van der Waals surface area contributed by atoms with Crippen LogP contribution in [0.25, 0.3) is 0 Å². The van der Waals surface area contributed by atoms with Crippen LogP contribution in [0.3, 0.4) is 0 Å². The summed E-state index contributed by atoms with van der Waals surface area (Å²) in [6.07, 6.45) is 5.56. The highest BCUT2D eigenvalue weighted by atomic mass is 15.0. The van der Waals surface area contributed by atoms with E-state index in [0.29, 0.717) is 11.8 Å². The highest BCUT2D eigenvalue weighted by molar-refractivity contribution is 5.15. The first-order chi connectivity index (χ1) is 7.05. The van der Waals surface area contributed by atoms with Crippen LogP contribution in [-0.2, 0) is 5.54 Å². The van der Waals surface area contributed by atoms with Crippen molar-refractivity contribution in [3.8, 4) is 0 Å². The fraction of sp³-hybridized carbons (Fsp3) is 0.750. The van der Waals surface area contributed by atoms with E-state index in [2.05, 4.69) is 30.7 Å². The Kier molecular flexibility index (Phi) is 2.59. The number of H-pyrrole nitrogens is 1. The van der Waals surface area contributed by atoms with Crippen LogP contribution < -0.4 is 5.73 Å². The van der Waals surface area contributed by atoms with E-state index in [4.69, 9.17) is 5.73 Å². The third kappa shape index (κ3) is 1.93. The Morgan fingerprint density at radius 3 is 2.87 bits per heavy atom. The van der Waals surface area contributed by atoms with Crippen molar-refractivity contribution in [2.24, 2.45) is 11.7 Å². The number of nitrogens with one attached hydrogen (secondary N) is 1. The maximum Gasteiger partial charge on any atom is 0.126 e. The first kappa shape index (κ1) is 10.7. The second kappa shape index (κ2) is 3.63. The summed E-state index contributed by atoms with van der Waals surface area (Å²) in [5.41, 5.74) is 7.26. The van der Waals surface area contributed by atoms with E-state index in [-0.39, 0.29) is 5.54 Å². The predicted octanol–water partition coefficient (Wildman–Crippen LogP) is 2.51. The summed E-state index contributed by atoms with van der Waals surface area (Å²) in [5.74, 6) is 2.12. The molecule has 2 atom stereocenters. The van der Waals surface area contributed by atoms with Gasteiger partial charge in [-0.05, 0) is 38.0 Å². The van der Waals surface area contributed by atoms with Crippen molar-refractivity contribution >= 4 is 0 Å². The fourth-order valence-corrected chi connectivity index (χ4v) is 1.96. The van der Waals surface area contributed by atoms with Gasteiger partial charge < -0.3 is 10.7 Å². The zero-order chi connectivity index (χ0) is 11.1. The van der Waals surface area contributed by atoms with Gasteiger partial charge in [-0.25, -0.2) is 4.98 Å². The first-order valence-electron chi connectivity index (χ1n) is 5.90. The monoisotopic (exact) mass is 207 g/mol. The van der Waals surface area contributed by atoms with Gasteiger partial charge >= 0.3 is 0 Å². The van der Waals surface area contributed by atoms with Crippen LogP contribution in [0.2, 0.25) is 0 Å². The molecule has 1 aromatic heterocycles. The van der Waals surface area contributed by atoms with Crippen molar-refractivity contribution in [2.45, 2.75) is 51.5 Å². The van der Waals surface area contributed by atoms with E-state index in [1.807, 2.05) is 6.20 Å². The van der Waals surface area contributed by atoms with Gasteiger partial charge in [-0.3, -0.25) is 0 Å². The minimum Gasteiger partial charge on any atom is -0.344 e. The Balaban J connectivity index is 2.19. The summed E-state index contributed by atoms with van der Waals surface area (Å²) in [6, 6.07) is 0. The molecule has 1 aromatic rings. The number of aromatic nitrogens is 2. The predicted molar refractivity (Wildman–Crippen MR) is 61.6 cm³/mol. The molecule has 2 unspecified atom stereocenters. The Bertz CT molecular complexity index is 336. The molecule has 1 aliphatic rings. The summed E-state index contributed by atoms with van der Waals surface area (Å²) in [7, 11) is 0. The van der Waals surface area contributed by atoms with E-state index in [1.165, 1.54) is 18.5 Å². The molecule has 15 heavy (non-hydrogen) atoms. The summed E-state index contributed by atoms with van der Waals surface area (Å²) < 4.78 is 0. The Morgan fingerprint density at radius 2 is 2.33 bits per heavy atom. The van der Waals surface area contributed by atoms with Crippen molar-refractivity contribution in [1.82, 2.24) is 9.97 Å². The van der Waals surface area contributed by atoms with Gasteiger partial charge in [0, 0.05) is 11.9 Å². The molecule has 3 N–H and O–H groups in total. The smallest absolute Gasteiger partial charge is 0.126 e. The van der Waals surface area contributed by atoms with Crippen LogP contribution >= 0.6 is 0 Å².